The van der Waals surface area contributed by atoms with Crippen LogP contribution in [0.3, 0.4) is 0 Å². The molecule has 2 amide bonds. The minimum Gasteiger partial charge on any atom is -0.382 e. The molecule has 26 heavy (non-hydrogen) atoms. The number of hydrogen-bond acceptors (Lipinski definition) is 8. The SMILES string of the molecule is COCN(C)/C=C\C(=O)NC=O.[B]/C(=C(/[B])P(O)OC)C(COC)OC. The second kappa shape index (κ2) is 17.2. The molecule has 144 valence electrons. The first-order chi connectivity index (χ1) is 12.3. The second-order valence-electron chi connectivity index (χ2n) is 4.59. The highest BCUT2D eigenvalue weighted by Gasteiger charge is 2.15. The zero-order valence-corrected chi connectivity index (χ0v) is 16.6. The van der Waals surface area contributed by atoms with Crippen molar-refractivity contribution in [1.82, 2.24) is 10.2 Å². The van der Waals surface area contributed by atoms with Gasteiger partial charge in [0.15, 0.2) is 8.38 Å². The van der Waals surface area contributed by atoms with Gasteiger partial charge in [0.1, 0.15) is 22.4 Å². The number of carbonyl (C=O) groups is 2. The Bertz CT molecular complexity index is 467. The molecule has 0 spiro atoms. The Labute approximate surface area is 158 Å². The van der Waals surface area contributed by atoms with Gasteiger partial charge in [-0.1, -0.05) is 10.7 Å². The maximum Gasteiger partial charge on any atom is 0.251 e. The molecule has 0 aliphatic heterocycles. The van der Waals surface area contributed by atoms with Gasteiger partial charge in [-0.15, -0.1) is 0 Å². The lowest BCUT2D eigenvalue weighted by molar-refractivity contribution is -0.121. The third-order valence-corrected chi connectivity index (χ3v) is 3.65. The first-order valence-corrected chi connectivity index (χ1v) is 8.41. The molecule has 0 aromatic carbocycles. The highest BCUT2D eigenvalue weighted by Crippen LogP contribution is 2.40. The van der Waals surface area contributed by atoms with Gasteiger partial charge in [0, 0.05) is 47.8 Å². The van der Waals surface area contributed by atoms with E-state index in [2.05, 4.69) is 4.52 Å². The van der Waals surface area contributed by atoms with Crippen molar-refractivity contribution in [3.63, 3.8) is 0 Å². The maximum absolute atomic E-state index is 10.7. The van der Waals surface area contributed by atoms with Gasteiger partial charge in [-0.05, 0) is 0 Å². The number of nitrogens with zero attached hydrogens (tertiary/aromatic N) is 1. The predicted molar refractivity (Wildman–Crippen MR) is 100 cm³/mol. The Kier molecular flexibility index (Phi) is 17.9. The average molecular weight is 386 g/mol. The number of nitrogens with one attached hydrogen (secondary N) is 1. The molecule has 0 aromatic heterocycles. The molecular formula is C14H25B2N2O7P. The number of rotatable bonds is 11. The minimum atomic E-state index is -1.83. The molecule has 0 aliphatic carbocycles. The van der Waals surface area contributed by atoms with Crippen LogP contribution < -0.4 is 5.32 Å². The standard InChI is InChI=1S/C7H13B2O4P.C7H12N2O3/c1-11-4-5(12-2)6(8)7(9)14(10)13-3;1-9(6-12-2)4-3-7(11)8-5-10/h5,10H,4H2,1-3H3;3-5H,6H2,1-2H3,(H,8,10,11)/b7-6-;4-3-. The molecule has 0 heterocycles. The Hall–Kier alpha value is -1.22. The van der Waals surface area contributed by atoms with Crippen molar-refractivity contribution in [2.24, 2.45) is 0 Å². The van der Waals surface area contributed by atoms with Crippen LogP contribution in [0.25, 0.3) is 0 Å². The number of ether oxygens (including phenoxy) is 3. The summed E-state index contributed by atoms with van der Waals surface area (Å²) in [5, 5.41) is 2.07. The van der Waals surface area contributed by atoms with Gasteiger partial charge in [-0.25, -0.2) is 0 Å². The van der Waals surface area contributed by atoms with Crippen molar-refractivity contribution in [1.29, 1.82) is 0 Å². The largest absolute Gasteiger partial charge is 0.382 e. The summed E-state index contributed by atoms with van der Waals surface area (Å²) in [6, 6.07) is 0. The quantitative estimate of drug-likeness (QED) is 0.160. The van der Waals surface area contributed by atoms with Gasteiger partial charge < -0.3 is 28.5 Å². The summed E-state index contributed by atoms with van der Waals surface area (Å²) in [6.45, 7) is 0.667. The molecule has 2 atom stereocenters. The first kappa shape index (κ1) is 27.0. The van der Waals surface area contributed by atoms with E-state index in [1.807, 2.05) is 5.32 Å². The van der Waals surface area contributed by atoms with E-state index in [1.54, 1.807) is 19.1 Å². The van der Waals surface area contributed by atoms with E-state index in [4.69, 9.17) is 29.9 Å². The van der Waals surface area contributed by atoms with Gasteiger partial charge in [-0.3, -0.25) is 14.9 Å². The Morgan fingerprint density at radius 3 is 2.31 bits per heavy atom. The molecule has 9 nitrogen and oxygen atoms in total. The molecule has 0 fully saturated rings. The number of amides is 2. The fraction of sp³-hybridized carbons (Fsp3) is 0.571. The number of carbonyl (C=O) groups excluding carboxylic acids is 2. The fourth-order valence-corrected chi connectivity index (χ4v) is 1.92. The van der Waals surface area contributed by atoms with Gasteiger partial charge >= 0.3 is 0 Å². The van der Waals surface area contributed by atoms with Crippen molar-refractivity contribution >= 4 is 36.4 Å². The third kappa shape index (κ3) is 13.0. The van der Waals surface area contributed by atoms with Crippen LogP contribution in [-0.4, -0.2) is 92.7 Å². The molecule has 2 unspecified atom stereocenters. The molecule has 0 saturated heterocycles. The highest BCUT2D eigenvalue weighted by molar-refractivity contribution is 7.53. The Morgan fingerprint density at radius 2 is 1.88 bits per heavy atom. The van der Waals surface area contributed by atoms with E-state index in [0.717, 1.165) is 0 Å². The lowest BCUT2D eigenvalue weighted by Crippen LogP contribution is -2.21. The van der Waals surface area contributed by atoms with Crippen molar-refractivity contribution in [3.8, 4) is 0 Å². The summed E-state index contributed by atoms with van der Waals surface area (Å²) < 4.78 is 19.3. The fourth-order valence-electron chi connectivity index (χ4n) is 1.36. The molecule has 0 bridgehead atoms. The van der Waals surface area contributed by atoms with Crippen molar-refractivity contribution < 1.29 is 33.2 Å². The summed E-state index contributed by atoms with van der Waals surface area (Å²) in [6.07, 6.45) is 2.63. The Balaban J connectivity index is 0. The zero-order chi connectivity index (χ0) is 20.5. The van der Waals surface area contributed by atoms with Crippen LogP contribution in [0.4, 0.5) is 0 Å². The van der Waals surface area contributed by atoms with E-state index in [0.29, 0.717) is 13.1 Å². The van der Waals surface area contributed by atoms with Crippen LogP contribution in [0.15, 0.2) is 23.0 Å². The van der Waals surface area contributed by atoms with E-state index >= 15 is 0 Å². The molecule has 0 aliphatic rings. The normalized spacial score (nSPS) is 13.9. The summed E-state index contributed by atoms with van der Waals surface area (Å²) in [5.41, 5.74) is 0.241. The van der Waals surface area contributed by atoms with Gasteiger partial charge in [0.05, 0.1) is 12.7 Å². The van der Waals surface area contributed by atoms with E-state index in [9.17, 15) is 14.5 Å². The smallest absolute Gasteiger partial charge is 0.251 e. The van der Waals surface area contributed by atoms with Crippen molar-refractivity contribution in [2.75, 3.05) is 48.8 Å². The monoisotopic (exact) mass is 386 g/mol. The Morgan fingerprint density at radius 1 is 1.27 bits per heavy atom. The lowest BCUT2D eigenvalue weighted by atomic mass is 9.85. The van der Waals surface area contributed by atoms with Crippen LogP contribution in [0.2, 0.25) is 0 Å². The summed E-state index contributed by atoms with van der Waals surface area (Å²) in [7, 11) is 17.0. The van der Waals surface area contributed by atoms with Crippen LogP contribution in [-0.2, 0) is 28.3 Å². The van der Waals surface area contributed by atoms with E-state index < -0.39 is 20.4 Å². The van der Waals surface area contributed by atoms with Gasteiger partial charge in [0.2, 0.25) is 6.41 Å². The van der Waals surface area contributed by atoms with Crippen LogP contribution in [0.5, 0.6) is 0 Å². The van der Waals surface area contributed by atoms with Crippen molar-refractivity contribution in [2.45, 2.75) is 6.10 Å². The predicted octanol–water partition coefficient (Wildman–Crippen LogP) is -0.587. The first-order valence-electron chi connectivity index (χ1n) is 7.20. The number of methoxy groups -OCH3 is 3. The minimum absolute atomic E-state index is 0.103. The maximum atomic E-state index is 10.7. The molecule has 12 heteroatoms. The third-order valence-electron chi connectivity index (χ3n) is 2.64. The number of imide groups is 1. The van der Waals surface area contributed by atoms with E-state index in [-0.39, 0.29) is 17.3 Å². The lowest BCUT2D eigenvalue weighted by Gasteiger charge is -2.20. The van der Waals surface area contributed by atoms with Crippen LogP contribution >= 0.6 is 8.38 Å². The molecular weight excluding hydrogens is 361 g/mol. The van der Waals surface area contributed by atoms with E-state index in [1.165, 1.54) is 33.6 Å². The number of hydrogen-bond donors (Lipinski definition) is 2. The van der Waals surface area contributed by atoms with Crippen molar-refractivity contribution in [3.05, 3.63) is 23.0 Å². The molecule has 0 rings (SSSR count). The molecule has 4 radical (unpaired) electrons. The van der Waals surface area contributed by atoms with Gasteiger partial charge in [0.25, 0.3) is 5.91 Å². The zero-order valence-electron chi connectivity index (χ0n) is 15.7. The summed E-state index contributed by atoms with van der Waals surface area (Å²) in [5.74, 6) is -0.451. The topological polar surface area (TPSA) is 107 Å². The summed E-state index contributed by atoms with van der Waals surface area (Å²) >= 11 is 0. The second-order valence-corrected chi connectivity index (χ2v) is 5.99. The highest BCUT2D eigenvalue weighted by atomic mass is 31.2. The van der Waals surface area contributed by atoms with Crippen LogP contribution in [0.1, 0.15) is 0 Å². The molecule has 0 aromatic rings. The van der Waals surface area contributed by atoms with Crippen LogP contribution in [0, 0.1) is 0 Å². The average Bonchev–Trinajstić information content (AvgIpc) is 2.63. The summed E-state index contributed by atoms with van der Waals surface area (Å²) in [4.78, 5) is 31.4. The van der Waals surface area contributed by atoms with Gasteiger partial charge in [-0.2, -0.15) is 0 Å². The molecule has 0 saturated carbocycles. The molecule has 2 N–H and O–H groups in total.